The molecule has 0 aromatic heterocycles. The molecule has 0 spiro atoms. The zero-order valence-corrected chi connectivity index (χ0v) is 16.0. The second kappa shape index (κ2) is 22.9. The van der Waals surface area contributed by atoms with E-state index in [0.717, 1.165) is 36.4 Å². The van der Waals surface area contributed by atoms with Gasteiger partial charge in [-0.2, -0.15) is 45.8 Å². The molecule has 0 radical (unpaired) electrons. The summed E-state index contributed by atoms with van der Waals surface area (Å²) in [4.78, 5) is 9.55. The Labute approximate surface area is 149 Å². The second-order valence-corrected chi connectivity index (χ2v) is 7.00. The summed E-state index contributed by atoms with van der Waals surface area (Å²) in [5, 5.41) is 20.8. The molecular formula is C14H28N4OS3. The van der Waals surface area contributed by atoms with Crippen molar-refractivity contribution in [1.82, 2.24) is 11.5 Å². The number of carbonyl (C=O) groups is 1. The van der Waals surface area contributed by atoms with Crippen molar-refractivity contribution in [2.24, 2.45) is 0 Å². The number of nitriles is 2. The zero-order valence-electron chi connectivity index (χ0n) is 14.6. The topological polar surface area (TPSA) is 112 Å². The molecule has 22 heavy (non-hydrogen) atoms. The van der Waals surface area contributed by atoms with Gasteiger partial charge in [0, 0.05) is 6.42 Å². The lowest BCUT2D eigenvalue weighted by Gasteiger charge is -2.15. The smallest absolute Gasteiger partial charge is 0.120 e. The maximum Gasteiger partial charge on any atom is 0.120 e. The molecule has 8 heteroatoms. The van der Waals surface area contributed by atoms with E-state index < -0.39 is 0 Å². The van der Waals surface area contributed by atoms with E-state index in [9.17, 15) is 4.79 Å². The number of hydrogen-bond acceptors (Lipinski definition) is 8. The highest BCUT2D eigenvalue weighted by molar-refractivity contribution is 7.98. The Kier molecular flexibility index (Phi) is 24.9. The number of carbonyl (C=O) groups excluding carboxylic acids is 1. The lowest BCUT2D eigenvalue weighted by Crippen LogP contribution is -2.37. The third-order valence-electron chi connectivity index (χ3n) is 2.38. The van der Waals surface area contributed by atoms with Crippen molar-refractivity contribution in [1.29, 1.82) is 10.5 Å². The first-order valence-corrected chi connectivity index (χ1v) is 10.8. The first kappa shape index (κ1) is 23.9. The molecule has 0 saturated heterocycles. The summed E-state index contributed by atoms with van der Waals surface area (Å²) < 4.78 is 5.25. The van der Waals surface area contributed by atoms with Crippen LogP contribution in [0.2, 0.25) is 1.41 Å². The minimum atomic E-state index is -0.191. The summed E-state index contributed by atoms with van der Waals surface area (Å²) in [5.41, 5.74) is 0. The highest BCUT2D eigenvalue weighted by Crippen LogP contribution is 2.04. The molecule has 5 nitrogen and oxygen atoms in total. The summed E-state index contributed by atoms with van der Waals surface area (Å²) in [6, 6.07) is 4.01. The molecule has 0 aliphatic heterocycles. The van der Waals surface area contributed by atoms with E-state index >= 15 is 0 Å². The van der Waals surface area contributed by atoms with Crippen molar-refractivity contribution in [2.45, 2.75) is 31.3 Å². The Hall–Kier alpha value is -0.380. The van der Waals surface area contributed by atoms with Gasteiger partial charge in [-0.3, -0.25) is 5.32 Å². The summed E-state index contributed by atoms with van der Waals surface area (Å²) >= 11 is 5.13. The number of thioether (sulfide) groups is 3. The van der Waals surface area contributed by atoms with Gasteiger partial charge in [0.05, 0.1) is 24.2 Å². The second-order valence-electron chi connectivity index (χ2n) is 4.04. The van der Waals surface area contributed by atoms with Crippen LogP contribution in [0.3, 0.4) is 0 Å². The highest BCUT2D eigenvalue weighted by atomic mass is 32.2. The summed E-state index contributed by atoms with van der Waals surface area (Å²) in [6.07, 6.45) is 13.0. The lowest BCUT2D eigenvalue weighted by atomic mass is 10.2. The van der Waals surface area contributed by atoms with Crippen molar-refractivity contribution in [3.8, 4) is 12.1 Å². The summed E-state index contributed by atoms with van der Waals surface area (Å²) in [6.45, 7) is 0. The SMILES string of the molecule is CSCCC(C#N)NC(C#N)CCSC.CSCCC=O.[2H]N. The van der Waals surface area contributed by atoms with Gasteiger partial charge in [0.25, 0.3) is 0 Å². The zero-order chi connectivity index (χ0) is 18.3. The molecule has 2 unspecified atom stereocenters. The fraction of sp³-hybridized carbons (Fsp3) is 0.786. The Morgan fingerprint density at radius 1 is 1.05 bits per heavy atom. The van der Waals surface area contributed by atoms with Gasteiger partial charge < -0.3 is 10.9 Å². The van der Waals surface area contributed by atoms with Crippen molar-refractivity contribution in [2.75, 3.05) is 36.0 Å². The lowest BCUT2D eigenvalue weighted by molar-refractivity contribution is -0.107. The van der Waals surface area contributed by atoms with Gasteiger partial charge in [0.1, 0.15) is 7.70 Å². The van der Waals surface area contributed by atoms with E-state index in [1.165, 1.54) is 0 Å². The first-order chi connectivity index (χ1) is 11.2. The minimum Gasteiger partial charge on any atom is -0.344 e. The fourth-order valence-electron chi connectivity index (χ4n) is 1.25. The largest absolute Gasteiger partial charge is 0.344 e. The van der Waals surface area contributed by atoms with Gasteiger partial charge in [0.2, 0.25) is 0 Å². The predicted molar refractivity (Wildman–Crippen MR) is 102 cm³/mol. The third-order valence-corrected chi connectivity index (χ3v) is 4.31. The van der Waals surface area contributed by atoms with Crippen LogP contribution in [0.4, 0.5) is 0 Å². The van der Waals surface area contributed by atoms with Crippen LogP contribution >= 0.6 is 35.3 Å². The number of rotatable bonds is 11. The molecule has 0 amide bonds. The molecule has 0 bridgehead atoms. The minimum absolute atomic E-state index is 0.191. The average Bonchev–Trinajstić information content (AvgIpc) is 2.61. The van der Waals surface area contributed by atoms with Crippen LogP contribution in [0.1, 0.15) is 19.3 Å². The van der Waals surface area contributed by atoms with Crippen LogP contribution in [-0.2, 0) is 4.79 Å². The summed E-state index contributed by atoms with van der Waals surface area (Å²) in [5.74, 6) is 2.86. The Morgan fingerprint density at radius 2 is 1.45 bits per heavy atom. The van der Waals surface area contributed by atoms with Gasteiger partial charge >= 0.3 is 0 Å². The highest BCUT2D eigenvalue weighted by Gasteiger charge is 2.13. The van der Waals surface area contributed by atoms with Gasteiger partial charge in [0.15, 0.2) is 0 Å². The Bertz CT molecular complexity index is 300. The van der Waals surface area contributed by atoms with Crippen LogP contribution in [0.15, 0.2) is 0 Å². The maximum absolute atomic E-state index is 9.55. The van der Waals surface area contributed by atoms with Crippen LogP contribution in [0.5, 0.6) is 0 Å². The van der Waals surface area contributed by atoms with E-state index in [4.69, 9.17) is 11.9 Å². The Morgan fingerprint density at radius 3 is 1.68 bits per heavy atom. The van der Waals surface area contributed by atoms with Gasteiger partial charge in [-0.15, -0.1) is 0 Å². The summed E-state index contributed by atoms with van der Waals surface area (Å²) in [7, 11) is 0. The van der Waals surface area contributed by atoms with E-state index in [0.29, 0.717) is 6.42 Å². The molecule has 4 N–H and O–H groups in total. The van der Waals surface area contributed by atoms with Gasteiger partial charge in [-0.25, -0.2) is 0 Å². The molecule has 0 fully saturated rings. The van der Waals surface area contributed by atoms with E-state index in [1.807, 2.05) is 18.8 Å². The molecule has 0 heterocycles. The third kappa shape index (κ3) is 19.6. The van der Waals surface area contributed by atoms with Crippen LogP contribution in [0, 0.1) is 22.7 Å². The molecule has 0 aliphatic carbocycles. The quantitative estimate of drug-likeness (QED) is 0.424. The van der Waals surface area contributed by atoms with Crippen molar-refractivity contribution in [3.05, 3.63) is 0 Å². The maximum atomic E-state index is 9.55. The van der Waals surface area contributed by atoms with E-state index in [2.05, 4.69) is 23.6 Å². The normalized spacial score (nSPS) is 12.0. The number of nitrogens with zero attached hydrogens (tertiary/aromatic N) is 2. The molecule has 0 aliphatic rings. The predicted octanol–water partition coefficient (Wildman–Crippen LogP) is 2.97. The molecule has 0 aromatic carbocycles. The van der Waals surface area contributed by atoms with Crippen molar-refractivity contribution >= 4 is 41.6 Å². The molecule has 2 atom stereocenters. The van der Waals surface area contributed by atoms with Gasteiger partial charge in [-0.05, 0) is 48.9 Å². The molecule has 0 rings (SSSR count). The Balaban J connectivity index is -0.000000418. The number of aldehydes is 1. The average molecular weight is 366 g/mol. The van der Waals surface area contributed by atoms with Crippen molar-refractivity contribution < 1.29 is 6.21 Å². The van der Waals surface area contributed by atoms with Crippen molar-refractivity contribution in [3.63, 3.8) is 0 Å². The monoisotopic (exact) mass is 365 g/mol. The van der Waals surface area contributed by atoms with Crippen LogP contribution in [-0.4, -0.2) is 54.4 Å². The van der Waals surface area contributed by atoms with E-state index in [-0.39, 0.29) is 12.1 Å². The van der Waals surface area contributed by atoms with E-state index in [1.54, 1.807) is 35.3 Å². The van der Waals surface area contributed by atoms with Crippen LogP contribution in [0.25, 0.3) is 0 Å². The first-order valence-electron chi connectivity index (χ1n) is 7.23. The standard InChI is InChI=1S/C10H17N3S2.C4H8OS.H3N/c1-14-5-3-9(7-11)13-10(8-12)4-6-15-2;1-6-4-2-3-5;/h9-10,13H,3-6H2,1-2H3;3H,2,4H2,1H3;1H3/i/hD. The molecular weight excluding hydrogens is 336 g/mol. The molecule has 0 saturated carbocycles. The molecule has 128 valence electrons. The molecule has 0 aromatic rings. The number of nitrogens with one attached hydrogen (secondary N) is 1. The van der Waals surface area contributed by atoms with Gasteiger partial charge in [-0.1, -0.05) is 0 Å². The van der Waals surface area contributed by atoms with Crippen LogP contribution < -0.4 is 11.5 Å². The fourth-order valence-corrected chi connectivity index (χ4v) is 2.53. The number of hydrogen-bond donors (Lipinski definition) is 2.